The van der Waals surface area contributed by atoms with Crippen LogP contribution in [0.3, 0.4) is 0 Å². The third kappa shape index (κ3) is 2.69. The SMILES string of the molecule is CCN(C1CCNC1)C(C)c1nc(C)sc1C. The van der Waals surface area contributed by atoms with Crippen LogP contribution in [0, 0.1) is 13.8 Å². The molecule has 0 aliphatic carbocycles. The number of nitrogens with zero attached hydrogens (tertiary/aromatic N) is 2. The smallest absolute Gasteiger partial charge is 0.0900 e. The average molecular weight is 253 g/mol. The van der Waals surface area contributed by atoms with Crippen molar-refractivity contribution in [2.24, 2.45) is 0 Å². The Morgan fingerprint density at radius 1 is 1.53 bits per heavy atom. The number of aryl methyl sites for hydroxylation is 2. The maximum Gasteiger partial charge on any atom is 0.0900 e. The van der Waals surface area contributed by atoms with Gasteiger partial charge in [0.1, 0.15) is 0 Å². The van der Waals surface area contributed by atoms with Crippen LogP contribution >= 0.6 is 11.3 Å². The molecular weight excluding hydrogens is 230 g/mol. The van der Waals surface area contributed by atoms with Crippen LogP contribution in [-0.2, 0) is 0 Å². The molecule has 17 heavy (non-hydrogen) atoms. The fourth-order valence-electron chi connectivity index (χ4n) is 2.86. The van der Waals surface area contributed by atoms with Gasteiger partial charge in [-0.15, -0.1) is 11.3 Å². The van der Waals surface area contributed by atoms with E-state index in [9.17, 15) is 0 Å². The van der Waals surface area contributed by atoms with Crippen molar-refractivity contribution in [3.8, 4) is 0 Å². The van der Waals surface area contributed by atoms with Gasteiger partial charge >= 0.3 is 0 Å². The van der Waals surface area contributed by atoms with E-state index in [1.165, 1.54) is 22.0 Å². The molecule has 1 N–H and O–H groups in total. The van der Waals surface area contributed by atoms with Crippen LogP contribution in [0.4, 0.5) is 0 Å². The van der Waals surface area contributed by atoms with Crippen molar-refractivity contribution in [2.75, 3.05) is 19.6 Å². The largest absolute Gasteiger partial charge is 0.315 e. The number of hydrogen-bond acceptors (Lipinski definition) is 4. The molecule has 0 amide bonds. The first kappa shape index (κ1) is 13.0. The summed E-state index contributed by atoms with van der Waals surface area (Å²) in [5.41, 5.74) is 1.28. The molecular formula is C13H23N3S. The van der Waals surface area contributed by atoms with Gasteiger partial charge in [0.25, 0.3) is 0 Å². The van der Waals surface area contributed by atoms with Crippen molar-refractivity contribution < 1.29 is 0 Å². The molecule has 0 spiro atoms. The number of aromatic nitrogens is 1. The quantitative estimate of drug-likeness (QED) is 0.893. The Labute approximate surface area is 108 Å². The Morgan fingerprint density at radius 3 is 2.76 bits per heavy atom. The van der Waals surface area contributed by atoms with Crippen molar-refractivity contribution in [3.63, 3.8) is 0 Å². The topological polar surface area (TPSA) is 28.2 Å². The van der Waals surface area contributed by atoms with Gasteiger partial charge in [0, 0.05) is 17.5 Å². The molecule has 96 valence electrons. The second-order valence-electron chi connectivity index (χ2n) is 4.83. The molecule has 1 aliphatic rings. The van der Waals surface area contributed by atoms with Crippen LogP contribution in [0.1, 0.15) is 41.9 Å². The number of thiazole rings is 1. The van der Waals surface area contributed by atoms with E-state index in [0.29, 0.717) is 12.1 Å². The van der Waals surface area contributed by atoms with Crippen molar-refractivity contribution in [2.45, 2.75) is 46.2 Å². The fraction of sp³-hybridized carbons (Fsp3) is 0.769. The Balaban J connectivity index is 2.16. The molecule has 4 heteroatoms. The predicted octanol–water partition coefficient (Wildman–Crippen LogP) is 2.50. The summed E-state index contributed by atoms with van der Waals surface area (Å²) in [6.07, 6.45) is 1.26. The third-order valence-electron chi connectivity index (χ3n) is 3.70. The van der Waals surface area contributed by atoms with Gasteiger partial charge in [-0.25, -0.2) is 4.98 Å². The summed E-state index contributed by atoms with van der Waals surface area (Å²) in [6, 6.07) is 1.12. The van der Waals surface area contributed by atoms with Gasteiger partial charge in [-0.1, -0.05) is 6.92 Å². The molecule has 1 fully saturated rings. The molecule has 1 saturated heterocycles. The standard InChI is InChI=1S/C13H23N3S/c1-5-16(12-6-7-14-8-12)9(2)13-10(3)17-11(4)15-13/h9,12,14H,5-8H2,1-4H3. The highest BCUT2D eigenvalue weighted by atomic mass is 32.1. The van der Waals surface area contributed by atoms with E-state index in [2.05, 4.69) is 37.9 Å². The molecule has 2 heterocycles. The molecule has 3 nitrogen and oxygen atoms in total. The van der Waals surface area contributed by atoms with Gasteiger partial charge in [-0.05, 0) is 40.3 Å². The van der Waals surface area contributed by atoms with Gasteiger partial charge in [-0.2, -0.15) is 0 Å². The second-order valence-corrected chi connectivity index (χ2v) is 6.23. The highest BCUT2D eigenvalue weighted by Gasteiger charge is 2.27. The van der Waals surface area contributed by atoms with E-state index in [1.807, 2.05) is 11.3 Å². The summed E-state index contributed by atoms with van der Waals surface area (Å²) in [7, 11) is 0. The molecule has 1 aromatic heterocycles. The van der Waals surface area contributed by atoms with Gasteiger partial charge in [0.15, 0.2) is 0 Å². The van der Waals surface area contributed by atoms with E-state index >= 15 is 0 Å². The van der Waals surface area contributed by atoms with E-state index in [4.69, 9.17) is 4.98 Å². The summed E-state index contributed by atoms with van der Waals surface area (Å²) in [5.74, 6) is 0. The average Bonchev–Trinajstić information content (AvgIpc) is 2.89. The molecule has 0 aromatic carbocycles. The summed E-state index contributed by atoms with van der Waals surface area (Å²) in [5, 5.41) is 4.64. The number of likely N-dealkylation sites (N-methyl/N-ethyl adjacent to an activating group) is 1. The summed E-state index contributed by atoms with van der Waals surface area (Å²) >= 11 is 1.81. The fourth-order valence-corrected chi connectivity index (χ4v) is 3.77. The van der Waals surface area contributed by atoms with Crippen molar-refractivity contribution in [3.05, 3.63) is 15.6 Å². The summed E-state index contributed by atoms with van der Waals surface area (Å²) in [4.78, 5) is 8.67. The molecule has 2 unspecified atom stereocenters. The monoisotopic (exact) mass is 253 g/mol. The van der Waals surface area contributed by atoms with Crippen LogP contribution in [0.2, 0.25) is 0 Å². The van der Waals surface area contributed by atoms with Crippen LogP contribution in [0.25, 0.3) is 0 Å². The lowest BCUT2D eigenvalue weighted by molar-refractivity contribution is 0.160. The molecule has 1 aromatic rings. The highest BCUT2D eigenvalue weighted by Crippen LogP contribution is 2.29. The predicted molar refractivity (Wildman–Crippen MR) is 73.7 cm³/mol. The van der Waals surface area contributed by atoms with Gasteiger partial charge in [0.05, 0.1) is 16.7 Å². The Bertz CT molecular complexity index is 369. The zero-order valence-corrected chi connectivity index (χ0v) is 12.1. The normalized spacial score (nSPS) is 22.3. The molecule has 0 saturated carbocycles. The van der Waals surface area contributed by atoms with E-state index in [0.717, 1.165) is 19.6 Å². The van der Waals surface area contributed by atoms with Crippen LogP contribution < -0.4 is 5.32 Å². The minimum atomic E-state index is 0.440. The second kappa shape index (κ2) is 5.46. The lowest BCUT2D eigenvalue weighted by atomic mass is 10.1. The molecule has 0 radical (unpaired) electrons. The molecule has 0 bridgehead atoms. The van der Waals surface area contributed by atoms with Gasteiger partial charge < -0.3 is 5.32 Å². The highest BCUT2D eigenvalue weighted by molar-refractivity contribution is 7.11. The minimum absolute atomic E-state index is 0.440. The van der Waals surface area contributed by atoms with E-state index in [-0.39, 0.29) is 0 Å². The third-order valence-corrected chi connectivity index (χ3v) is 4.60. The maximum atomic E-state index is 4.71. The Hall–Kier alpha value is -0.450. The van der Waals surface area contributed by atoms with Crippen LogP contribution in [-0.4, -0.2) is 35.6 Å². The van der Waals surface area contributed by atoms with Gasteiger partial charge in [-0.3, -0.25) is 4.90 Å². The van der Waals surface area contributed by atoms with Crippen molar-refractivity contribution in [1.29, 1.82) is 0 Å². The van der Waals surface area contributed by atoms with Crippen LogP contribution in [0.15, 0.2) is 0 Å². The lowest BCUT2D eigenvalue weighted by Gasteiger charge is -2.32. The maximum absolute atomic E-state index is 4.71. The first-order chi connectivity index (χ1) is 8.13. The Morgan fingerprint density at radius 2 is 2.29 bits per heavy atom. The van der Waals surface area contributed by atoms with Crippen LogP contribution in [0.5, 0.6) is 0 Å². The summed E-state index contributed by atoms with van der Waals surface area (Å²) < 4.78 is 0. The Kier molecular flexibility index (Phi) is 4.17. The van der Waals surface area contributed by atoms with Crippen molar-refractivity contribution >= 4 is 11.3 Å². The number of nitrogens with one attached hydrogen (secondary N) is 1. The minimum Gasteiger partial charge on any atom is -0.315 e. The van der Waals surface area contributed by atoms with Gasteiger partial charge in [0.2, 0.25) is 0 Å². The number of hydrogen-bond donors (Lipinski definition) is 1. The van der Waals surface area contributed by atoms with E-state index < -0.39 is 0 Å². The van der Waals surface area contributed by atoms with Crippen molar-refractivity contribution in [1.82, 2.24) is 15.2 Å². The first-order valence-corrected chi connectivity index (χ1v) is 7.35. The molecule has 2 rings (SSSR count). The first-order valence-electron chi connectivity index (χ1n) is 6.53. The molecule has 1 aliphatic heterocycles. The zero-order valence-electron chi connectivity index (χ0n) is 11.3. The number of rotatable bonds is 4. The van der Waals surface area contributed by atoms with E-state index in [1.54, 1.807) is 0 Å². The molecule has 2 atom stereocenters. The lowest BCUT2D eigenvalue weighted by Crippen LogP contribution is -2.38. The zero-order chi connectivity index (χ0) is 12.4. The summed E-state index contributed by atoms with van der Waals surface area (Å²) in [6.45, 7) is 12.2.